The third-order valence-corrected chi connectivity index (χ3v) is 7.73. The van der Waals surface area contributed by atoms with Crippen molar-refractivity contribution in [3.05, 3.63) is 54.2 Å². The molecule has 5 unspecified atom stereocenters. The molecule has 0 fully saturated rings. The van der Waals surface area contributed by atoms with Crippen LogP contribution in [0.4, 0.5) is 0 Å². The van der Waals surface area contributed by atoms with Crippen molar-refractivity contribution in [1.29, 1.82) is 0 Å². The molecule has 12 nitrogen and oxygen atoms in total. The molecular weight excluding hydrogens is 546 g/mol. The van der Waals surface area contributed by atoms with E-state index < -0.39 is 47.9 Å². The number of nitrogens with zero attached hydrogens (tertiary/aromatic N) is 1. The number of aliphatic carboxylic acids is 1. The third kappa shape index (κ3) is 8.82. The first-order chi connectivity index (χ1) is 19.6. The molecule has 2 heterocycles. The molecule has 5 atom stereocenters. The van der Waals surface area contributed by atoms with Gasteiger partial charge in [0.2, 0.25) is 17.7 Å². The lowest BCUT2D eigenvalue weighted by molar-refractivity contribution is -0.142. The summed E-state index contributed by atoms with van der Waals surface area (Å²) in [5.41, 5.74) is 8.67. The van der Waals surface area contributed by atoms with Crippen LogP contribution >= 0.6 is 11.8 Å². The number of fused-ring (bicyclic) bond motifs is 1. The minimum atomic E-state index is -1.14. The Morgan fingerprint density at radius 2 is 1.76 bits per heavy atom. The zero-order valence-corrected chi connectivity index (χ0v) is 24.3. The van der Waals surface area contributed by atoms with Gasteiger partial charge in [0.1, 0.15) is 18.1 Å². The predicted octanol–water partition coefficient (Wildman–Crippen LogP) is 1.34. The van der Waals surface area contributed by atoms with Gasteiger partial charge >= 0.3 is 5.97 Å². The fraction of sp³-hybridized carbons (Fsp3) is 0.464. The van der Waals surface area contributed by atoms with E-state index in [0.29, 0.717) is 17.9 Å². The number of hydrogen-bond donors (Lipinski definition) is 7. The van der Waals surface area contributed by atoms with Crippen LogP contribution in [0.25, 0.3) is 10.9 Å². The van der Waals surface area contributed by atoms with E-state index in [1.165, 1.54) is 18.1 Å². The van der Waals surface area contributed by atoms with E-state index in [-0.39, 0.29) is 25.2 Å². The maximum absolute atomic E-state index is 13.5. The number of aromatic nitrogens is 3. The minimum absolute atomic E-state index is 0.0810. The topological polar surface area (TPSA) is 195 Å². The average molecular weight is 586 g/mol. The number of rotatable bonds is 16. The molecule has 2 aromatic heterocycles. The van der Waals surface area contributed by atoms with Gasteiger partial charge in [-0.1, -0.05) is 38.5 Å². The number of nitrogens with two attached hydrogens (primary N) is 1. The van der Waals surface area contributed by atoms with Crippen molar-refractivity contribution in [2.45, 2.75) is 63.7 Å². The molecule has 3 aromatic rings. The molecule has 0 radical (unpaired) electrons. The van der Waals surface area contributed by atoms with Gasteiger partial charge in [0.15, 0.2) is 0 Å². The van der Waals surface area contributed by atoms with E-state index in [2.05, 4.69) is 30.9 Å². The van der Waals surface area contributed by atoms with Crippen molar-refractivity contribution in [2.75, 3.05) is 12.0 Å². The molecule has 0 saturated heterocycles. The SMILES string of the molecule is CCC(C)C(NC(=O)C(Cc1cnc[nH]1)NC(=O)C(N)Cc1c[nH]c2ccccc12)C(=O)NC(CCSC)C(=O)O. The first-order valence-corrected chi connectivity index (χ1v) is 14.9. The Hall–Kier alpha value is -3.84. The summed E-state index contributed by atoms with van der Waals surface area (Å²) in [5.74, 6) is -2.61. The molecule has 0 saturated carbocycles. The summed E-state index contributed by atoms with van der Waals surface area (Å²) in [4.78, 5) is 61.7. The fourth-order valence-corrected chi connectivity index (χ4v) is 4.92. The molecule has 222 valence electrons. The Kier molecular flexibility index (Phi) is 11.8. The molecular formula is C28H39N7O5S. The summed E-state index contributed by atoms with van der Waals surface area (Å²) in [5, 5.41) is 18.6. The molecule has 3 rings (SSSR count). The van der Waals surface area contributed by atoms with E-state index >= 15 is 0 Å². The Morgan fingerprint density at radius 1 is 1.02 bits per heavy atom. The smallest absolute Gasteiger partial charge is 0.326 e. The lowest BCUT2D eigenvalue weighted by Gasteiger charge is -2.28. The van der Waals surface area contributed by atoms with Gasteiger partial charge in [0.25, 0.3) is 0 Å². The van der Waals surface area contributed by atoms with Crippen LogP contribution in [0.2, 0.25) is 0 Å². The summed E-state index contributed by atoms with van der Waals surface area (Å²) in [6.07, 6.45) is 7.79. The molecule has 13 heteroatoms. The largest absolute Gasteiger partial charge is 0.480 e. The van der Waals surface area contributed by atoms with Gasteiger partial charge in [-0.25, -0.2) is 9.78 Å². The number of carboxylic acid groups (broad SMARTS) is 1. The van der Waals surface area contributed by atoms with Crippen LogP contribution < -0.4 is 21.7 Å². The molecule has 0 aliphatic heterocycles. The van der Waals surface area contributed by atoms with Crippen LogP contribution in [0.1, 0.15) is 37.9 Å². The lowest BCUT2D eigenvalue weighted by atomic mass is 9.97. The van der Waals surface area contributed by atoms with Crippen molar-refractivity contribution in [2.24, 2.45) is 11.7 Å². The number of carbonyl (C=O) groups excluding carboxylic acids is 3. The van der Waals surface area contributed by atoms with Crippen LogP contribution in [0.15, 0.2) is 43.0 Å². The number of imidazole rings is 1. The second-order valence-corrected chi connectivity index (χ2v) is 11.1. The van der Waals surface area contributed by atoms with E-state index in [1.54, 1.807) is 13.1 Å². The maximum atomic E-state index is 13.5. The molecule has 0 aliphatic rings. The van der Waals surface area contributed by atoms with Crippen molar-refractivity contribution in [3.63, 3.8) is 0 Å². The Labute approximate surface area is 243 Å². The van der Waals surface area contributed by atoms with Gasteiger partial charge in [-0.2, -0.15) is 11.8 Å². The van der Waals surface area contributed by atoms with Crippen LogP contribution in [0.3, 0.4) is 0 Å². The third-order valence-electron chi connectivity index (χ3n) is 7.08. The number of amides is 3. The Morgan fingerprint density at radius 3 is 2.41 bits per heavy atom. The minimum Gasteiger partial charge on any atom is -0.480 e. The first-order valence-electron chi connectivity index (χ1n) is 13.5. The number of hydrogen-bond acceptors (Lipinski definition) is 7. The Bertz CT molecular complexity index is 1310. The van der Waals surface area contributed by atoms with Gasteiger partial charge in [-0.3, -0.25) is 14.4 Å². The molecule has 3 amide bonds. The van der Waals surface area contributed by atoms with Gasteiger partial charge in [0.05, 0.1) is 12.4 Å². The highest BCUT2D eigenvalue weighted by molar-refractivity contribution is 7.98. The van der Waals surface area contributed by atoms with E-state index in [9.17, 15) is 24.3 Å². The van der Waals surface area contributed by atoms with E-state index in [4.69, 9.17) is 5.73 Å². The molecule has 0 aliphatic carbocycles. The second-order valence-electron chi connectivity index (χ2n) is 10.1. The lowest BCUT2D eigenvalue weighted by Crippen LogP contribution is -2.59. The van der Waals surface area contributed by atoms with Gasteiger partial charge in [-0.15, -0.1) is 0 Å². The van der Waals surface area contributed by atoms with Gasteiger partial charge in [-0.05, 0) is 42.4 Å². The average Bonchev–Trinajstić information content (AvgIpc) is 3.62. The van der Waals surface area contributed by atoms with Crippen molar-refractivity contribution in [1.82, 2.24) is 30.9 Å². The molecule has 8 N–H and O–H groups in total. The zero-order valence-electron chi connectivity index (χ0n) is 23.5. The zero-order chi connectivity index (χ0) is 29.9. The summed E-state index contributed by atoms with van der Waals surface area (Å²) < 4.78 is 0. The second kappa shape index (κ2) is 15.2. The normalized spacial score (nSPS) is 14.9. The number of carboxylic acids is 1. The number of nitrogens with one attached hydrogen (secondary N) is 5. The highest BCUT2D eigenvalue weighted by atomic mass is 32.2. The first kappa shape index (κ1) is 31.7. The summed E-state index contributed by atoms with van der Waals surface area (Å²) in [6, 6.07) is 3.59. The Balaban J connectivity index is 1.74. The molecule has 1 aromatic carbocycles. The van der Waals surface area contributed by atoms with Gasteiger partial charge < -0.3 is 36.8 Å². The number of carbonyl (C=O) groups is 4. The summed E-state index contributed by atoms with van der Waals surface area (Å²) in [7, 11) is 0. The van der Waals surface area contributed by atoms with Crippen LogP contribution in [0, 0.1) is 5.92 Å². The van der Waals surface area contributed by atoms with E-state index in [1.807, 2.05) is 43.6 Å². The molecule has 0 spiro atoms. The highest BCUT2D eigenvalue weighted by Crippen LogP contribution is 2.19. The van der Waals surface area contributed by atoms with Crippen LogP contribution in [0.5, 0.6) is 0 Å². The van der Waals surface area contributed by atoms with Crippen LogP contribution in [-0.4, -0.2) is 79.9 Å². The number of benzene rings is 1. The number of aromatic amines is 2. The summed E-state index contributed by atoms with van der Waals surface area (Å²) >= 11 is 1.47. The van der Waals surface area contributed by atoms with Gasteiger partial charge in [0, 0.05) is 35.4 Å². The predicted molar refractivity (Wildman–Crippen MR) is 158 cm³/mol. The monoisotopic (exact) mass is 585 g/mol. The number of H-pyrrole nitrogens is 2. The van der Waals surface area contributed by atoms with E-state index in [0.717, 1.165) is 16.5 Å². The quantitative estimate of drug-likeness (QED) is 0.131. The maximum Gasteiger partial charge on any atom is 0.326 e. The van der Waals surface area contributed by atoms with Crippen LogP contribution in [-0.2, 0) is 32.0 Å². The summed E-state index contributed by atoms with van der Waals surface area (Å²) in [6.45, 7) is 3.66. The van der Waals surface area contributed by atoms with Crippen molar-refractivity contribution >= 4 is 46.4 Å². The molecule has 0 bridgehead atoms. The molecule has 41 heavy (non-hydrogen) atoms. The number of thioether (sulfide) groups is 1. The van der Waals surface area contributed by atoms with Crippen molar-refractivity contribution < 1.29 is 24.3 Å². The van der Waals surface area contributed by atoms with Crippen molar-refractivity contribution in [3.8, 4) is 0 Å². The fourth-order valence-electron chi connectivity index (χ4n) is 4.44. The number of para-hydroxylation sites is 1. The standard InChI is InChI=1S/C28H39N7O5S/c1-4-16(2)24(27(38)33-22(28(39)40)9-10-41-3)35-26(37)23(12-18-14-30-15-32-18)34-25(36)20(29)11-17-13-31-21-8-6-5-7-19(17)21/h5-8,13-16,20,22-24,31H,4,9-12,29H2,1-3H3,(H,30,32)(H,33,38)(H,34,36)(H,35,37)(H,39,40). The highest BCUT2D eigenvalue weighted by Gasteiger charge is 2.33.